The molecule has 208 valence electrons. The molecule has 40 heavy (non-hydrogen) atoms. The molecule has 6 nitrogen and oxygen atoms in total. The summed E-state index contributed by atoms with van der Waals surface area (Å²) in [6, 6.07) is 39.2. The molecule has 6 atom stereocenters. The van der Waals surface area contributed by atoms with Gasteiger partial charge in [-0.1, -0.05) is 121 Å². The molecule has 6 heteroatoms. The first-order valence-corrected chi connectivity index (χ1v) is 13.8. The molecule has 0 aliphatic heterocycles. The number of hydrogen-bond donors (Lipinski definition) is 2. The lowest BCUT2D eigenvalue weighted by atomic mass is 9.81. The SMILES string of the molecule is N[C@@H]1[C@H](N)[C@H](OCc2ccccc2)[C@@H](OCc2ccccc2)[C@H](OCc2ccccc2)[C@H]1OCc1ccccc1. The molecule has 1 saturated carbocycles. The van der Waals surface area contributed by atoms with Crippen molar-refractivity contribution in [2.75, 3.05) is 0 Å². The molecule has 5 rings (SSSR count). The van der Waals surface area contributed by atoms with Crippen LogP contribution in [0.2, 0.25) is 0 Å². The average Bonchev–Trinajstić information content (AvgIpc) is 3.01. The molecule has 1 aliphatic carbocycles. The molecule has 0 saturated heterocycles. The summed E-state index contributed by atoms with van der Waals surface area (Å²) in [6.07, 6.45) is -2.03. The third kappa shape index (κ3) is 7.43. The maximum Gasteiger partial charge on any atom is 0.114 e. The highest BCUT2D eigenvalue weighted by Crippen LogP contribution is 2.31. The Kier molecular flexibility index (Phi) is 10.1. The Hall–Kier alpha value is -3.36. The predicted octanol–water partition coefficient (Wildman–Crippen LogP) is 5.00. The normalized spacial score (nSPS) is 24.6. The van der Waals surface area contributed by atoms with Crippen LogP contribution in [0.15, 0.2) is 121 Å². The van der Waals surface area contributed by atoms with Gasteiger partial charge in [-0.05, 0) is 22.3 Å². The molecule has 4 aromatic rings. The van der Waals surface area contributed by atoms with Gasteiger partial charge in [0.15, 0.2) is 0 Å². The van der Waals surface area contributed by atoms with Crippen molar-refractivity contribution in [2.24, 2.45) is 11.5 Å². The van der Waals surface area contributed by atoms with Crippen molar-refractivity contribution in [2.45, 2.75) is 62.9 Å². The van der Waals surface area contributed by atoms with Gasteiger partial charge in [-0.2, -0.15) is 0 Å². The van der Waals surface area contributed by atoms with Crippen molar-refractivity contribution >= 4 is 0 Å². The predicted molar refractivity (Wildman–Crippen MR) is 156 cm³/mol. The van der Waals surface area contributed by atoms with E-state index in [0.29, 0.717) is 26.4 Å². The molecular weight excluding hydrogens is 500 g/mol. The van der Waals surface area contributed by atoms with Crippen LogP contribution in [-0.4, -0.2) is 36.5 Å². The fourth-order valence-corrected chi connectivity index (χ4v) is 5.11. The lowest BCUT2D eigenvalue weighted by Gasteiger charge is -2.48. The highest BCUT2D eigenvalue weighted by molar-refractivity contribution is 5.17. The number of nitrogens with two attached hydrogens (primary N) is 2. The molecule has 0 heterocycles. The van der Waals surface area contributed by atoms with Crippen LogP contribution in [0.4, 0.5) is 0 Å². The summed E-state index contributed by atoms with van der Waals surface area (Å²) >= 11 is 0. The van der Waals surface area contributed by atoms with Crippen molar-refractivity contribution in [1.82, 2.24) is 0 Å². The summed E-state index contributed by atoms with van der Waals surface area (Å²) < 4.78 is 26.2. The van der Waals surface area contributed by atoms with Gasteiger partial charge in [-0.25, -0.2) is 0 Å². The Morgan fingerprint density at radius 1 is 0.350 bits per heavy atom. The Morgan fingerprint density at radius 3 is 0.825 bits per heavy atom. The second kappa shape index (κ2) is 14.3. The van der Waals surface area contributed by atoms with Crippen LogP contribution in [0.5, 0.6) is 0 Å². The van der Waals surface area contributed by atoms with E-state index in [9.17, 15) is 0 Å². The third-order valence-electron chi connectivity index (χ3n) is 7.32. The van der Waals surface area contributed by atoms with Crippen molar-refractivity contribution < 1.29 is 18.9 Å². The third-order valence-corrected chi connectivity index (χ3v) is 7.32. The number of hydrogen-bond acceptors (Lipinski definition) is 6. The standard InChI is InChI=1S/C34H38N2O4/c35-29-30(36)32(38-22-26-15-7-2-8-16-26)34(40-24-28-19-11-4-12-20-28)33(39-23-27-17-9-3-10-18-27)31(29)37-21-25-13-5-1-6-14-25/h1-20,29-34H,21-24,35-36H2/t29-,30+,31-,32-,33+,34+/m0/s1. The first-order valence-electron chi connectivity index (χ1n) is 13.8. The molecule has 0 bridgehead atoms. The van der Waals surface area contributed by atoms with Crippen molar-refractivity contribution in [3.8, 4) is 0 Å². The Morgan fingerprint density at radius 2 is 0.575 bits per heavy atom. The average molecular weight is 539 g/mol. The highest BCUT2D eigenvalue weighted by atomic mass is 16.6. The monoisotopic (exact) mass is 538 g/mol. The molecule has 0 aromatic heterocycles. The lowest BCUT2D eigenvalue weighted by Crippen LogP contribution is -2.71. The van der Waals surface area contributed by atoms with E-state index >= 15 is 0 Å². The van der Waals surface area contributed by atoms with Crippen LogP contribution in [0.1, 0.15) is 22.3 Å². The summed E-state index contributed by atoms with van der Waals surface area (Å²) in [6.45, 7) is 1.54. The van der Waals surface area contributed by atoms with E-state index in [-0.39, 0.29) is 0 Å². The minimum atomic E-state index is -0.526. The van der Waals surface area contributed by atoms with Gasteiger partial charge < -0.3 is 30.4 Å². The van der Waals surface area contributed by atoms with Crippen molar-refractivity contribution in [1.29, 1.82) is 0 Å². The van der Waals surface area contributed by atoms with Crippen molar-refractivity contribution in [3.05, 3.63) is 144 Å². The van der Waals surface area contributed by atoms with Gasteiger partial charge in [0, 0.05) is 0 Å². The Labute approximate surface area is 236 Å². The minimum Gasteiger partial charge on any atom is -0.369 e. The fraction of sp³-hybridized carbons (Fsp3) is 0.294. The van der Waals surface area contributed by atoms with Gasteiger partial charge >= 0.3 is 0 Å². The maximum atomic E-state index is 6.81. The van der Waals surface area contributed by atoms with E-state index < -0.39 is 36.5 Å². The number of benzene rings is 4. The number of rotatable bonds is 12. The first kappa shape index (κ1) is 28.2. The zero-order chi connectivity index (χ0) is 27.6. The Balaban J connectivity index is 1.42. The van der Waals surface area contributed by atoms with Crippen LogP contribution in [0.3, 0.4) is 0 Å². The number of ether oxygens (including phenoxy) is 4. The summed E-state index contributed by atoms with van der Waals surface area (Å²) in [5.74, 6) is 0. The Bertz CT molecular complexity index is 1160. The smallest absolute Gasteiger partial charge is 0.114 e. The molecule has 0 amide bonds. The summed E-state index contributed by atoms with van der Waals surface area (Å²) in [4.78, 5) is 0. The second-order valence-corrected chi connectivity index (χ2v) is 10.2. The van der Waals surface area contributed by atoms with E-state index in [4.69, 9.17) is 30.4 Å². The lowest BCUT2D eigenvalue weighted by molar-refractivity contribution is -0.223. The van der Waals surface area contributed by atoms with Gasteiger partial charge in [0.1, 0.15) is 24.4 Å². The van der Waals surface area contributed by atoms with E-state index in [1.54, 1.807) is 0 Å². The zero-order valence-corrected chi connectivity index (χ0v) is 22.6. The molecule has 1 fully saturated rings. The van der Waals surface area contributed by atoms with Gasteiger partial charge in [-0.15, -0.1) is 0 Å². The van der Waals surface area contributed by atoms with E-state index in [1.807, 2.05) is 121 Å². The zero-order valence-electron chi connectivity index (χ0n) is 22.6. The van der Waals surface area contributed by atoms with Gasteiger partial charge in [-0.3, -0.25) is 0 Å². The molecular formula is C34H38N2O4. The van der Waals surface area contributed by atoms with Crippen LogP contribution in [0, 0.1) is 0 Å². The fourth-order valence-electron chi connectivity index (χ4n) is 5.11. The van der Waals surface area contributed by atoms with E-state index in [0.717, 1.165) is 22.3 Å². The van der Waals surface area contributed by atoms with E-state index in [2.05, 4.69) is 0 Å². The molecule has 4 N–H and O–H groups in total. The maximum absolute atomic E-state index is 6.81. The van der Waals surface area contributed by atoms with Gasteiger partial charge in [0.05, 0.1) is 38.5 Å². The molecule has 4 aromatic carbocycles. The molecule has 0 spiro atoms. The van der Waals surface area contributed by atoms with Gasteiger partial charge in [0.2, 0.25) is 0 Å². The van der Waals surface area contributed by atoms with Gasteiger partial charge in [0.25, 0.3) is 0 Å². The van der Waals surface area contributed by atoms with Crippen LogP contribution in [0.25, 0.3) is 0 Å². The molecule has 0 radical (unpaired) electrons. The highest BCUT2D eigenvalue weighted by Gasteiger charge is 2.51. The van der Waals surface area contributed by atoms with Crippen LogP contribution in [-0.2, 0) is 45.4 Å². The largest absolute Gasteiger partial charge is 0.369 e. The first-order chi connectivity index (χ1) is 19.7. The topological polar surface area (TPSA) is 89.0 Å². The van der Waals surface area contributed by atoms with Crippen LogP contribution < -0.4 is 11.5 Å². The van der Waals surface area contributed by atoms with E-state index in [1.165, 1.54) is 0 Å². The molecule has 1 aliphatic rings. The van der Waals surface area contributed by atoms with Crippen molar-refractivity contribution in [3.63, 3.8) is 0 Å². The molecule has 0 unspecified atom stereocenters. The van der Waals surface area contributed by atoms with Crippen LogP contribution >= 0.6 is 0 Å². The summed E-state index contributed by atoms with van der Waals surface area (Å²) in [5, 5.41) is 0. The summed E-state index contributed by atoms with van der Waals surface area (Å²) in [5.41, 5.74) is 17.8. The quantitative estimate of drug-likeness (QED) is 0.264. The minimum absolute atomic E-state index is 0.384. The summed E-state index contributed by atoms with van der Waals surface area (Å²) in [7, 11) is 0. The second-order valence-electron chi connectivity index (χ2n) is 10.2.